The third-order valence-electron chi connectivity index (χ3n) is 12.3. The van der Waals surface area contributed by atoms with E-state index in [-0.39, 0.29) is 17.9 Å². The highest BCUT2D eigenvalue weighted by Crippen LogP contribution is 2.46. The Hall–Kier alpha value is -7.18. The first kappa shape index (κ1) is 33.0. The number of aromatic hydroxyl groups is 1. The molecule has 2 aliphatic heterocycles. The topological polar surface area (TPSA) is 59.7 Å². The lowest BCUT2D eigenvalue weighted by atomic mass is 9.38. The summed E-state index contributed by atoms with van der Waals surface area (Å²) in [7, 11) is 0. The minimum absolute atomic E-state index is 0.0472. The standard InChI is InChI=1S/C52H36BN3O2/c1-52(2,3)34-26-32(25-33(27-34)40-28-31(23-24-54-40)30-13-5-4-6-14-30)35-16-11-20-42-50(35)55-51-48-43(57)29-39-46(47(48)36-15-7-9-19-41(36)56(42)51)37-17-12-22-45-49(37)53(39)38-18-8-10-21-44(38)58-45/h4-29,57H,1-3H3. The van der Waals surface area contributed by atoms with Gasteiger partial charge in [-0.2, -0.15) is 0 Å². The third-order valence-corrected chi connectivity index (χ3v) is 12.3. The SMILES string of the molecule is CC(C)(C)c1cc(-c2cc(-c3ccccc3)ccn2)cc(-c2cccc3c2nc2c4c(O)cc5c(c4c4ccccc4n32)-c2cccc3c2B5c2ccccc2O3)c1. The average Bonchev–Trinajstić information content (AvgIpc) is 3.81. The molecule has 1 N–H and O–H groups in total. The van der Waals surface area contributed by atoms with Gasteiger partial charge in [0.15, 0.2) is 0 Å². The molecule has 2 aliphatic rings. The zero-order chi connectivity index (χ0) is 38.9. The van der Waals surface area contributed by atoms with Crippen molar-refractivity contribution in [2.45, 2.75) is 26.2 Å². The molecule has 0 fully saturated rings. The molecule has 10 aromatic rings. The van der Waals surface area contributed by atoms with E-state index in [4.69, 9.17) is 14.7 Å². The molecule has 7 aromatic carbocycles. The zero-order valence-corrected chi connectivity index (χ0v) is 32.3. The number of fused-ring (bicyclic) bond motifs is 14. The van der Waals surface area contributed by atoms with Crippen molar-refractivity contribution in [3.05, 3.63) is 163 Å². The van der Waals surface area contributed by atoms with E-state index in [1.165, 1.54) is 5.56 Å². The van der Waals surface area contributed by atoms with Crippen LogP contribution in [0, 0.1) is 0 Å². The van der Waals surface area contributed by atoms with Gasteiger partial charge in [0.2, 0.25) is 0 Å². The Balaban J connectivity index is 1.14. The number of ether oxygens (including phenoxy) is 1. The predicted molar refractivity (Wildman–Crippen MR) is 239 cm³/mol. The van der Waals surface area contributed by atoms with E-state index in [0.29, 0.717) is 0 Å². The van der Waals surface area contributed by atoms with Crippen molar-refractivity contribution in [1.82, 2.24) is 14.4 Å². The van der Waals surface area contributed by atoms with Crippen molar-refractivity contribution in [2.24, 2.45) is 0 Å². The molecule has 12 rings (SSSR count). The second-order valence-electron chi connectivity index (χ2n) is 16.7. The van der Waals surface area contributed by atoms with Crippen molar-refractivity contribution in [3.63, 3.8) is 0 Å². The number of para-hydroxylation sites is 3. The molecule has 0 bridgehead atoms. The van der Waals surface area contributed by atoms with Crippen LogP contribution in [0.5, 0.6) is 17.2 Å². The van der Waals surface area contributed by atoms with Gasteiger partial charge in [-0.1, -0.05) is 123 Å². The second kappa shape index (κ2) is 11.9. The zero-order valence-electron chi connectivity index (χ0n) is 32.3. The van der Waals surface area contributed by atoms with Gasteiger partial charge in [0.1, 0.15) is 22.9 Å². The van der Waals surface area contributed by atoms with E-state index < -0.39 is 0 Å². The van der Waals surface area contributed by atoms with Crippen molar-refractivity contribution in [3.8, 4) is 61.9 Å². The Morgan fingerprint density at radius 2 is 1.34 bits per heavy atom. The number of pyridine rings is 2. The normalized spacial score (nSPS) is 12.9. The Morgan fingerprint density at radius 1 is 0.603 bits per heavy atom. The van der Waals surface area contributed by atoms with Gasteiger partial charge in [-0.15, -0.1) is 0 Å². The fourth-order valence-corrected chi connectivity index (χ4v) is 9.65. The molecule has 58 heavy (non-hydrogen) atoms. The van der Waals surface area contributed by atoms with Gasteiger partial charge in [-0.25, -0.2) is 4.98 Å². The first-order valence-electron chi connectivity index (χ1n) is 19.9. The summed E-state index contributed by atoms with van der Waals surface area (Å²) in [6, 6.07) is 53.1. The molecule has 274 valence electrons. The Kier molecular flexibility index (Phi) is 6.78. The lowest BCUT2D eigenvalue weighted by Gasteiger charge is -2.24. The molecular formula is C52H36BN3O2. The molecule has 0 saturated carbocycles. The maximum absolute atomic E-state index is 12.3. The van der Waals surface area contributed by atoms with E-state index in [2.05, 4.69) is 153 Å². The molecule has 0 amide bonds. The summed E-state index contributed by atoms with van der Waals surface area (Å²) >= 11 is 0. The lowest BCUT2D eigenvalue weighted by Crippen LogP contribution is -2.51. The second-order valence-corrected chi connectivity index (χ2v) is 16.7. The lowest BCUT2D eigenvalue weighted by molar-refractivity contribution is 0.482. The highest BCUT2D eigenvalue weighted by Gasteiger charge is 2.42. The molecule has 0 aliphatic carbocycles. The van der Waals surface area contributed by atoms with Crippen LogP contribution in [-0.4, -0.2) is 26.2 Å². The first-order valence-corrected chi connectivity index (χ1v) is 19.9. The van der Waals surface area contributed by atoms with Gasteiger partial charge in [0.05, 0.1) is 27.6 Å². The van der Waals surface area contributed by atoms with Crippen LogP contribution < -0.4 is 21.1 Å². The van der Waals surface area contributed by atoms with Gasteiger partial charge in [0.25, 0.3) is 6.71 Å². The van der Waals surface area contributed by atoms with Crippen LogP contribution in [0.4, 0.5) is 0 Å². The van der Waals surface area contributed by atoms with Crippen molar-refractivity contribution in [2.75, 3.05) is 0 Å². The Bertz CT molecular complexity index is 3380. The molecule has 0 saturated heterocycles. The summed E-state index contributed by atoms with van der Waals surface area (Å²) in [6.07, 6.45) is 1.90. The first-order chi connectivity index (χ1) is 28.3. The van der Waals surface area contributed by atoms with Crippen LogP contribution in [0.15, 0.2) is 158 Å². The van der Waals surface area contributed by atoms with E-state index in [9.17, 15) is 5.11 Å². The minimum atomic E-state index is -0.117. The number of imidazole rings is 1. The fraction of sp³-hybridized carbons (Fsp3) is 0.0769. The van der Waals surface area contributed by atoms with E-state index in [0.717, 1.165) is 111 Å². The fourth-order valence-electron chi connectivity index (χ4n) is 9.65. The molecule has 5 heterocycles. The molecule has 0 radical (unpaired) electrons. The molecule has 6 heteroatoms. The summed E-state index contributed by atoms with van der Waals surface area (Å²) in [4.78, 5) is 10.4. The number of phenols is 1. The Labute approximate surface area is 335 Å². The minimum Gasteiger partial charge on any atom is -0.507 e. The van der Waals surface area contributed by atoms with Gasteiger partial charge in [-0.3, -0.25) is 9.38 Å². The molecule has 0 spiro atoms. The van der Waals surface area contributed by atoms with Gasteiger partial charge in [-0.05, 0) is 104 Å². The molecule has 0 unspecified atom stereocenters. The van der Waals surface area contributed by atoms with Gasteiger partial charge >= 0.3 is 0 Å². The van der Waals surface area contributed by atoms with Crippen LogP contribution in [0.25, 0.3) is 83.0 Å². The van der Waals surface area contributed by atoms with Crippen LogP contribution in [-0.2, 0) is 5.41 Å². The largest absolute Gasteiger partial charge is 0.507 e. The Morgan fingerprint density at radius 3 is 2.22 bits per heavy atom. The van der Waals surface area contributed by atoms with Crippen LogP contribution >= 0.6 is 0 Å². The maximum atomic E-state index is 12.3. The predicted octanol–water partition coefficient (Wildman–Crippen LogP) is 10.8. The van der Waals surface area contributed by atoms with Crippen LogP contribution in [0.3, 0.4) is 0 Å². The van der Waals surface area contributed by atoms with Gasteiger partial charge in [0, 0.05) is 28.1 Å². The number of hydrogen-bond acceptors (Lipinski definition) is 4. The highest BCUT2D eigenvalue weighted by atomic mass is 16.5. The number of hydrogen-bond donors (Lipinski definition) is 1. The molecule has 3 aromatic heterocycles. The summed E-state index contributed by atoms with van der Waals surface area (Å²) in [5.74, 6) is 1.95. The number of nitrogens with zero attached hydrogens (tertiary/aromatic N) is 3. The summed E-state index contributed by atoms with van der Waals surface area (Å²) in [5.41, 5.74) is 16.7. The smallest absolute Gasteiger partial charge is 0.252 e. The average molecular weight is 746 g/mol. The molecule has 5 nitrogen and oxygen atoms in total. The molecule has 0 atom stereocenters. The van der Waals surface area contributed by atoms with Crippen LogP contribution in [0.1, 0.15) is 26.3 Å². The van der Waals surface area contributed by atoms with E-state index in [1.54, 1.807) is 0 Å². The molecular weight excluding hydrogens is 709 g/mol. The summed E-state index contributed by atoms with van der Waals surface area (Å²) in [6.45, 7) is 6.72. The van der Waals surface area contributed by atoms with Crippen molar-refractivity contribution >= 4 is 61.5 Å². The van der Waals surface area contributed by atoms with E-state index in [1.807, 2.05) is 30.5 Å². The van der Waals surface area contributed by atoms with Gasteiger partial charge < -0.3 is 9.84 Å². The van der Waals surface area contributed by atoms with Crippen LogP contribution in [0.2, 0.25) is 0 Å². The third kappa shape index (κ3) is 4.66. The monoisotopic (exact) mass is 745 g/mol. The number of rotatable bonds is 3. The van der Waals surface area contributed by atoms with Crippen molar-refractivity contribution < 1.29 is 9.84 Å². The summed E-state index contributed by atoms with van der Waals surface area (Å²) < 4.78 is 8.74. The number of benzene rings is 7. The number of aromatic nitrogens is 3. The van der Waals surface area contributed by atoms with E-state index >= 15 is 0 Å². The quantitative estimate of drug-likeness (QED) is 0.145. The maximum Gasteiger partial charge on any atom is 0.252 e. The highest BCUT2D eigenvalue weighted by molar-refractivity contribution is 7.00. The summed E-state index contributed by atoms with van der Waals surface area (Å²) in [5, 5.41) is 15.2. The van der Waals surface area contributed by atoms with Crippen molar-refractivity contribution in [1.29, 1.82) is 0 Å². The number of phenolic OH excluding ortho intramolecular Hbond substituents is 1.